The van der Waals surface area contributed by atoms with Gasteiger partial charge in [0, 0.05) is 24.4 Å². The molecular weight excluding hydrogens is 224 g/mol. The maximum atomic E-state index is 5.43. The zero-order chi connectivity index (χ0) is 11.4. The first-order valence-corrected chi connectivity index (χ1v) is 6.46. The first kappa shape index (κ1) is 11.5. The lowest BCUT2D eigenvalue weighted by Crippen LogP contribution is -2.17. The third-order valence-electron chi connectivity index (χ3n) is 2.41. The number of nitrogens with one attached hydrogen (secondary N) is 1. The summed E-state index contributed by atoms with van der Waals surface area (Å²) >= 11 is 1.89. The predicted octanol–water partition coefficient (Wildman–Crippen LogP) is 0.645. The van der Waals surface area contributed by atoms with E-state index in [0.717, 1.165) is 29.2 Å². The third kappa shape index (κ3) is 2.38. The number of nitrogens with two attached hydrogens (primary N) is 1. The first-order valence-electron chi connectivity index (χ1n) is 5.30. The van der Waals surface area contributed by atoms with Crippen LogP contribution in [0.25, 0.3) is 0 Å². The summed E-state index contributed by atoms with van der Waals surface area (Å²) in [5, 5.41) is 3.09. The molecule has 0 spiro atoms. The lowest BCUT2D eigenvalue weighted by atomic mass is 10.2. The average molecular weight is 240 g/mol. The van der Waals surface area contributed by atoms with Crippen LogP contribution in [0.4, 0.5) is 5.95 Å². The monoisotopic (exact) mass is 240 g/mol. The van der Waals surface area contributed by atoms with Crippen molar-refractivity contribution in [2.24, 2.45) is 5.73 Å². The number of aromatic nitrogens is 2. The van der Waals surface area contributed by atoms with Gasteiger partial charge in [-0.1, -0.05) is 0 Å². The smallest absolute Gasteiger partial charge is 0.226 e. The lowest BCUT2D eigenvalue weighted by molar-refractivity contribution is 0.392. The Morgan fingerprint density at radius 1 is 1.50 bits per heavy atom. The number of nitrogens with zero attached hydrogens (tertiary/aromatic N) is 2. The molecule has 88 valence electrons. The van der Waals surface area contributed by atoms with E-state index in [1.54, 1.807) is 7.11 Å². The highest BCUT2D eigenvalue weighted by atomic mass is 32.2. The van der Waals surface area contributed by atoms with Crippen LogP contribution in [0.3, 0.4) is 0 Å². The van der Waals surface area contributed by atoms with Crippen LogP contribution in [-0.2, 0) is 12.2 Å². The van der Waals surface area contributed by atoms with Gasteiger partial charge in [-0.05, 0) is 12.2 Å². The fourth-order valence-corrected chi connectivity index (χ4v) is 2.61. The number of aryl methyl sites for hydroxylation is 1. The van der Waals surface area contributed by atoms with Gasteiger partial charge >= 0.3 is 0 Å². The van der Waals surface area contributed by atoms with E-state index >= 15 is 0 Å². The molecule has 0 saturated heterocycles. The standard InChI is InChI=1S/C10H16N4OS/c1-15-9-7-6-16-5-2-8(7)13-10(14-9)12-4-3-11/h2-6,11H2,1H3,(H,12,13,14). The van der Waals surface area contributed by atoms with E-state index in [-0.39, 0.29) is 0 Å². The highest BCUT2D eigenvalue weighted by Gasteiger charge is 2.18. The predicted molar refractivity (Wildman–Crippen MR) is 66.0 cm³/mol. The van der Waals surface area contributed by atoms with Crippen molar-refractivity contribution in [2.45, 2.75) is 12.2 Å². The molecule has 0 amide bonds. The van der Waals surface area contributed by atoms with Crippen LogP contribution < -0.4 is 15.8 Å². The maximum absolute atomic E-state index is 5.43. The Kier molecular flexibility index (Phi) is 3.84. The Bertz CT molecular complexity index is 355. The summed E-state index contributed by atoms with van der Waals surface area (Å²) in [4.78, 5) is 8.82. The van der Waals surface area contributed by atoms with Crippen molar-refractivity contribution in [2.75, 3.05) is 31.3 Å². The number of ether oxygens (including phenoxy) is 1. The van der Waals surface area contributed by atoms with Gasteiger partial charge in [0.1, 0.15) is 0 Å². The molecule has 16 heavy (non-hydrogen) atoms. The second-order valence-electron chi connectivity index (χ2n) is 3.50. The van der Waals surface area contributed by atoms with Crippen LogP contribution in [0.15, 0.2) is 0 Å². The van der Waals surface area contributed by atoms with Crippen molar-refractivity contribution in [1.29, 1.82) is 0 Å². The summed E-state index contributed by atoms with van der Waals surface area (Å²) in [6.07, 6.45) is 0.982. The molecule has 2 heterocycles. The van der Waals surface area contributed by atoms with Crippen LogP contribution >= 0.6 is 11.8 Å². The molecule has 0 bridgehead atoms. The summed E-state index contributed by atoms with van der Waals surface area (Å²) < 4.78 is 5.30. The number of rotatable bonds is 4. The second kappa shape index (κ2) is 5.36. The molecule has 5 nitrogen and oxygen atoms in total. The average Bonchev–Trinajstić information content (AvgIpc) is 2.35. The molecule has 1 aromatic heterocycles. The summed E-state index contributed by atoms with van der Waals surface area (Å²) in [7, 11) is 1.65. The van der Waals surface area contributed by atoms with Crippen LogP contribution in [0.5, 0.6) is 5.88 Å². The van der Waals surface area contributed by atoms with Crippen molar-refractivity contribution >= 4 is 17.7 Å². The molecule has 0 aliphatic carbocycles. The molecule has 1 aliphatic rings. The molecule has 3 N–H and O–H groups in total. The van der Waals surface area contributed by atoms with E-state index in [4.69, 9.17) is 10.5 Å². The Hall–Kier alpha value is -1.01. The summed E-state index contributed by atoms with van der Waals surface area (Å²) in [5.41, 5.74) is 7.67. The summed E-state index contributed by atoms with van der Waals surface area (Å²) in [6, 6.07) is 0. The van der Waals surface area contributed by atoms with E-state index in [1.165, 1.54) is 0 Å². The highest BCUT2D eigenvalue weighted by Crippen LogP contribution is 2.30. The van der Waals surface area contributed by atoms with Gasteiger partial charge in [0.2, 0.25) is 11.8 Å². The van der Waals surface area contributed by atoms with E-state index in [2.05, 4.69) is 15.3 Å². The third-order valence-corrected chi connectivity index (χ3v) is 3.39. The van der Waals surface area contributed by atoms with Gasteiger partial charge < -0.3 is 15.8 Å². The largest absolute Gasteiger partial charge is 0.481 e. The number of fused-ring (bicyclic) bond motifs is 1. The fraction of sp³-hybridized carbons (Fsp3) is 0.600. The summed E-state index contributed by atoms with van der Waals surface area (Å²) in [6.45, 7) is 1.25. The minimum Gasteiger partial charge on any atom is -0.481 e. The van der Waals surface area contributed by atoms with Crippen molar-refractivity contribution in [3.63, 3.8) is 0 Å². The van der Waals surface area contributed by atoms with E-state index in [9.17, 15) is 0 Å². The van der Waals surface area contributed by atoms with Crippen molar-refractivity contribution < 1.29 is 4.74 Å². The van der Waals surface area contributed by atoms with Gasteiger partial charge in [-0.3, -0.25) is 0 Å². The first-order chi connectivity index (χ1) is 7.85. The lowest BCUT2D eigenvalue weighted by Gasteiger charge is -2.17. The molecule has 6 heteroatoms. The van der Waals surface area contributed by atoms with Crippen LogP contribution in [0.2, 0.25) is 0 Å². The zero-order valence-corrected chi connectivity index (χ0v) is 10.1. The topological polar surface area (TPSA) is 73.1 Å². The van der Waals surface area contributed by atoms with Gasteiger partial charge in [0.15, 0.2) is 0 Å². The molecule has 1 aromatic rings. The van der Waals surface area contributed by atoms with Crippen LogP contribution in [-0.4, -0.2) is 35.9 Å². The zero-order valence-electron chi connectivity index (χ0n) is 9.32. The molecule has 0 unspecified atom stereocenters. The Morgan fingerprint density at radius 3 is 3.12 bits per heavy atom. The maximum Gasteiger partial charge on any atom is 0.226 e. The Morgan fingerprint density at radius 2 is 2.38 bits per heavy atom. The minimum absolute atomic E-state index is 0.568. The Balaban J connectivity index is 2.28. The van der Waals surface area contributed by atoms with E-state index in [0.29, 0.717) is 24.9 Å². The van der Waals surface area contributed by atoms with Crippen molar-refractivity contribution in [3.05, 3.63) is 11.3 Å². The minimum atomic E-state index is 0.568. The molecule has 0 radical (unpaired) electrons. The van der Waals surface area contributed by atoms with E-state index < -0.39 is 0 Å². The number of hydrogen-bond donors (Lipinski definition) is 2. The van der Waals surface area contributed by atoms with Crippen LogP contribution in [0, 0.1) is 0 Å². The second-order valence-corrected chi connectivity index (χ2v) is 4.60. The van der Waals surface area contributed by atoms with Gasteiger partial charge in [-0.25, -0.2) is 4.98 Å². The Labute approximate surface area is 99.2 Å². The SMILES string of the molecule is COc1nc(NCCN)nc2c1CSCC2. The number of methoxy groups -OCH3 is 1. The van der Waals surface area contributed by atoms with Crippen molar-refractivity contribution in [3.8, 4) is 5.88 Å². The van der Waals surface area contributed by atoms with Gasteiger partial charge in [0.25, 0.3) is 0 Å². The fourth-order valence-electron chi connectivity index (χ4n) is 1.63. The molecule has 2 rings (SSSR count). The van der Waals surface area contributed by atoms with Gasteiger partial charge in [-0.15, -0.1) is 0 Å². The summed E-state index contributed by atoms with van der Waals surface area (Å²) in [5.74, 6) is 3.36. The van der Waals surface area contributed by atoms with Gasteiger partial charge in [0.05, 0.1) is 12.8 Å². The normalized spacial score (nSPS) is 14.4. The molecule has 1 aliphatic heterocycles. The molecule has 0 atom stereocenters. The molecule has 0 saturated carbocycles. The number of hydrogen-bond acceptors (Lipinski definition) is 6. The van der Waals surface area contributed by atoms with E-state index in [1.807, 2.05) is 11.8 Å². The molecular formula is C10H16N4OS. The highest BCUT2D eigenvalue weighted by molar-refractivity contribution is 7.98. The van der Waals surface area contributed by atoms with Crippen LogP contribution in [0.1, 0.15) is 11.3 Å². The van der Waals surface area contributed by atoms with Gasteiger partial charge in [-0.2, -0.15) is 16.7 Å². The quantitative estimate of drug-likeness (QED) is 0.805. The van der Waals surface area contributed by atoms with Crippen molar-refractivity contribution in [1.82, 2.24) is 9.97 Å². The number of thioether (sulfide) groups is 1. The molecule has 0 fully saturated rings. The number of anilines is 1. The molecule has 0 aromatic carbocycles.